The van der Waals surface area contributed by atoms with Crippen molar-refractivity contribution in [3.8, 4) is 0 Å². The number of piperidine rings is 1. The average molecular weight is 215 g/mol. The molecule has 0 saturated carbocycles. The number of nitrogens with zero attached hydrogens (tertiary/aromatic N) is 1. The lowest BCUT2D eigenvalue weighted by molar-refractivity contribution is 0.125. The molecule has 3 atom stereocenters. The quantitative estimate of drug-likeness (QED) is 0.706. The summed E-state index contributed by atoms with van der Waals surface area (Å²) >= 11 is 4.41. The topological polar surface area (TPSA) is 3.24 Å². The monoisotopic (exact) mass is 215 g/mol. The SMILES string of the molecule is CCC(CS)CN1CC(C)CC(C)C1. The van der Waals surface area contributed by atoms with Crippen molar-refractivity contribution >= 4 is 12.6 Å². The molecule has 1 saturated heterocycles. The van der Waals surface area contributed by atoms with Gasteiger partial charge in [-0.3, -0.25) is 0 Å². The lowest BCUT2D eigenvalue weighted by Crippen LogP contribution is -2.41. The number of thiol groups is 1. The number of rotatable bonds is 4. The average Bonchev–Trinajstić information content (AvgIpc) is 2.12. The van der Waals surface area contributed by atoms with Gasteiger partial charge in [-0.2, -0.15) is 12.6 Å². The van der Waals surface area contributed by atoms with Crippen molar-refractivity contribution < 1.29 is 0 Å². The third kappa shape index (κ3) is 3.82. The van der Waals surface area contributed by atoms with Gasteiger partial charge in [0.05, 0.1) is 0 Å². The zero-order valence-corrected chi connectivity index (χ0v) is 10.8. The first kappa shape index (κ1) is 12.4. The Morgan fingerprint density at radius 2 is 1.86 bits per heavy atom. The Hall–Kier alpha value is 0.310. The third-order valence-corrected chi connectivity index (χ3v) is 3.81. The van der Waals surface area contributed by atoms with Crippen LogP contribution in [0.4, 0.5) is 0 Å². The minimum Gasteiger partial charge on any atom is -0.303 e. The highest BCUT2D eigenvalue weighted by Crippen LogP contribution is 2.22. The fraction of sp³-hybridized carbons (Fsp3) is 1.00. The molecule has 0 amide bonds. The zero-order chi connectivity index (χ0) is 10.6. The Balaban J connectivity index is 2.35. The summed E-state index contributed by atoms with van der Waals surface area (Å²) in [5.74, 6) is 3.60. The van der Waals surface area contributed by atoms with Gasteiger partial charge in [0.1, 0.15) is 0 Å². The highest BCUT2D eigenvalue weighted by Gasteiger charge is 2.22. The normalized spacial score (nSPS) is 31.7. The van der Waals surface area contributed by atoms with Crippen molar-refractivity contribution in [2.24, 2.45) is 17.8 Å². The molecule has 0 aromatic rings. The van der Waals surface area contributed by atoms with Crippen molar-refractivity contribution in [2.75, 3.05) is 25.4 Å². The molecular formula is C12H25NS. The molecule has 1 fully saturated rings. The second kappa shape index (κ2) is 6.02. The maximum absolute atomic E-state index is 4.41. The minimum atomic E-state index is 0.788. The molecule has 0 aliphatic carbocycles. The van der Waals surface area contributed by atoms with Gasteiger partial charge in [-0.25, -0.2) is 0 Å². The summed E-state index contributed by atoms with van der Waals surface area (Å²) in [6.07, 6.45) is 2.68. The summed E-state index contributed by atoms with van der Waals surface area (Å²) in [6, 6.07) is 0. The van der Waals surface area contributed by atoms with E-state index in [2.05, 4.69) is 38.3 Å². The Morgan fingerprint density at radius 1 is 1.29 bits per heavy atom. The van der Waals surface area contributed by atoms with E-state index in [4.69, 9.17) is 0 Å². The van der Waals surface area contributed by atoms with Gasteiger partial charge in [0.15, 0.2) is 0 Å². The summed E-state index contributed by atoms with van der Waals surface area (Å²) in [6.45, 7) is 10.9. The summed E-state index contributed by atoms with van der Waals surface area (Å²) in [4.78, 5) is 2.64. The highest BCUT2D eigenvalue weighted by molar-refractivity contribution is 7.80. The first-order valence-electron chi connectivity index (χ1n) is 5.98. The standard InChI is InChI=1S/C12H25NS/c1-4-12(9-14)8-13-6-10(2)5-11(3)7-13/h10-12,14H,4-9H2,1-3H3. The zero-order valence-electron chi connectivity index (χ0n) is 9.87. The van der Waals surface area contributed by atoms with Crippen LogP contribution in [0.2, 0.25) is 0 Å². The molecule has 0 N–H and O–H groups in total. The molecule has 1 heterocycles. The molecule has 1 nitrogen and oxygen atoms in total. The minimum absolute atomic E-state index is 0.788. The van der Waals surface area contributed by atoms with Crippen LogP contribution in [-0.4, -0.2) is 30.3 Å². The van der Waals surface area contributed by atoms with E-state index in [1.54, 1.807) is 0 Å². The Bertz CT molecular complexity index is 146. The van der Waals surface area contributed by atoms with Gasteiger partial charge in [-0.05, 0) is 29.9 Å². The molecule has 0 bridgehead atoms. The van der Waals surface area contributed by atoms with Crippen molar-refractivity contribution in [1.29, 1.82) is 0 Å². The van der Waals surface area contributed by atoms with Crippen LogP contribution in [0.1, 0.15) is 33.6 Å². The van der Waals surface area contributed by atoms with Crippen LogP contribution in [0.15, 0.2) is 0 Å². The van der Waals surface area contributed by atoms with Gasteiger partial charge < -0.3 is 4.90 Å². The molecule has 3 unspecified atom stereocenters. The first-order valence-corrected chi connectivity index (χ1v) is 6.62. The molecule has 84 valence electrons. The maximum Gasteiger partial charge on any atom is 0.00176 e. The predicted molar refractivity (Wildman–Crippen MR) is 67.0 cm³/mol. The second-order valence-corrected chi connectivity index (χ2v) is 5.49. The van der Waals surface area contributed by atoms with Crippen molar-refractivity contribution in [2.45, 2.75) is 33.6 Å². The summed E-state index contributed by atoms with van der Waals surface area (Å²) in [7, 11) is 0. The van der Waals surface area contributed by atoms with E-state index in [1.165, 1.54) is 32.5 Å². The van der Waals surface area contributed by atoms with Gasteiger partial charge in [0.25, 0.3) is 0 Å². The van der Waals surface area contributed by atoms with Crippen LogP contribution >= 0.6 is 12.6 Å². The van der Waals surface area contributed by atoms with E-state index >= 15 is 0 Å². The van der Waals surface area contributed by atoms with Crippen LogP contribution in [-0.2, 0) is 0 Å². The van der Waals surface area contributed by atoms with Gasteiger partial charge in [-0.1, -0.05) is 27.2 Å². The third-order valence-electron chi connectivity index (χ3n) is 3.30. The molecule has 1 aliphatic rings. The van der Waals surface area contributed by atoms with Crippen LogP contribution in [0.3, 0.4) is 0 Å². The molecule has 0 spiro atoms. The number of likely N-dealkylation sites (tertiary alicyclic amines) is 1. The first-order chi connectivity index (χ1) is 6.65. The van der Waals surface area contributed by atoms with Gasteiger partial charge in [-0.15, -0.1) is 0 Å². The van der Waals surface area contributed by atoms with Crippen molar-refractivity contribution in [3.63, 3.8) is 0 Å². The molecule has 1 aliphatic heterocycles. The van der Waals surface area contributed by atoms with Gasteiger partial charge in [0.2, 0.25) is 0 Å². The summed E-state index contributed by atoms with van der Waals surface area (Å²) in [5, 5.41) is 0. The Morgan fingerprint density at radius 3 is 2.29 bits per heavy atom. The van der Waals surface area contributed by atoms with Gasteiger partial charge in [0, 0.05) is 19.6 Å². The van der Waals surface area contributed by atoms with Crippen molar-refractivity contribution in [1.82, 2.24) is 4.90 Å². The van der Waals surface area contributed by atoms with Crippen LogP contribution < -0.4 is 0 Å². The van der Waals surface area contributed by atoms with Crippen LogP contribution in [0, 0.1) is 17.8 Å². The lowest BCUT2D eigenvalue weighted by atomic mass is 9.91. The van der Waals surface area contributed by atoms with E-state index in [9.17, 15) is 0 Å². The second-order valence-electron chi connectivity index (χ2n) is 5.12. The highest BCUT2D eigenvalue weighted by atomic mass is 32.1. The summed E-state index contributed by atoms with van der Waals surface area (Å²) < 4.78 is 0. The summed E-state index contributed by atoms with van der Waals surface area (Å²) in [5.41, 5.74) is 0. The smallest absolute Gasteiger partial charge is 0.00176 e. The molecule has 1 rings (SSSR count). The van der Waals surface area contributed by atoms with E-state index < -0.39 is 0 Å². The molecular weight excluding hydrogens is 190 g/mol. The Kier molecular flexibility index (Phi) is 5.32. The molecule has 0 aromatic heterocycles. The predicted octanol–water partition coefficient (Wildman–Crippen LogP) is 2.92. The molecule has 0 aromatic carbocycles. The Labute approximate surface area is 94.7 Å². The molecule has 2 heteroatoms. The van der Waals surface area contributed by atoms with E-state index in [0.29, 0.717) is 0 Å². The largest absolute Gasteiger partial charge is 0.303 e. The molecule has 0 radical (unpaired) electrons. The van der Waals surface area contributed by atoms with E-state index in [0.717, 1.165) is 23.5 Å². The van der Waals surface area contributed by atoms with E-state index in [-0.39, 0.29) is 0 Å². The number of hydrogen-bond donors (Lipinski definition) is 1. The van der Waals surface area contributed by atoms with Crippen molar-refractivity contribution in [3.05, 3.63) is 0 Å². The molecule has 14 heavy (non-hydrogen) atoms. The fourth-order valence-electron chi connectivity index (χ4n) is 2.62. The fourth-order valence-corrected chi connectivity index (χ4v) is 3.00. The van der Waals surface area contributed by atoms with E-state index in [1.807, 2.05) is 0 Å². The van der Waals surface area contributed by atoms with Gasteiger partial charge >= 0.3 is 0 Å². The maximum atomic E-state index is 4.41. The number of hydrogen-bond acceptors (Lipinski definition) is 2. The lowest BCUT2D eigenvalue weighted by Gasteiger charge is -2.36. The van der Waals surface area contributed by atoms with Crippen LogP contribution in [0.25, 0.3) is 0 Å². The van der Waals surface area contributed by atoms with Crippen LogP contribution in [0.5, 0.6) is 0 Å².